The van der Waals surface area contributed by atoms with Crippen LogP contribution in [0.15, 0.2) is 36.5 Å². The number of halogens is 1. The first-order chi connectivity index (χ1) is 13.6. The number of hydrogen-bond acceptors (Lipinski definition) is 3. The number of carbonyl (C=O) groups is 1. The highest BCUT2D eigenvalue weighted by Crippen LogP contribution is 2.59. The molecule has 0 atom stereocenters. The van der Waals surface area contributed by atoms with E-state index < -0.39 is 0 Å². The van der Waals surface area contributed by atoms with Crippen molar-refractivity contribution in [1.82, 2.24) is 15.1 Å². The van der Waals surface area contributed by atoms with Crippen LogP contribution >= 0.6 is 0 Å². The average Bonchev–Trinajstić information content (AvgIpc) is 3.14. The molecule has 0 aliphatic heterocycles. The maximum Gasteiger partial charge on any atom is 0.271 e. The van der Waals surface area contributed by atoms with Gasteiger partial charge in [-0.25, -0.2) is 9.07 Å². The molecule has 4 bridgehead atoms. The zero-order valence-electron chi connectivity index (χ0n) is 15.9. The van der Waals surface area contributed by atoms with Crippen molar-refractivity contribution >= 4 is 5.91 Å². The summed E-state index contributed by atoms with van der Waals surface area (Å²) in [6, 6.07) is 7.54. The number of rotatable bonds is 6. The summed E-state index contributed by atoms with van der Waals surface area (Å²) in [5.74, 6) is 2.79. The lowest BCUT2D eigenvalue weighted by atomic mass is 9.49. The molecule has 4 aliphatic carbocycles. The van der Waals surface area contributed by atoms with Gasteiger partial charge in [0.2, 0.25) is 0 Å². The van der Waals surface area contributed by atoms with E-state index in [1.165, 1.54) is 50.7 Å². The minimum absolute atomic E-state index is 0.115. The third-order valence-corrected chi connectivity index (χ3v) is 6.84. The lowest BCUT2D eigenvalue weighted by molar-refractivity contribution is -0.0503. The topological polar surface area (TPSA) is 56.2 Å². The van der Waals surface area contributed by atoms with Crippen molar-refractivity contribution in [3.63, 3.8) is 0 Å². The Morgan fingerprint density at radius 3 is 2.39 bits per heavy atom. The zero-order valence-corrected chi connectivity index (χ0v) is 15.9. The Balaban J connectivity index is 1.16. The van der Waals surface area contributed by atoms with Crippen LogP contribution in [-0.2, 0) is 6.73 Å². The molecule has 1 N–H and O–H groups in total. The van der Waals surface area contributed by atoms with E-state index in [0.29, 0.717) is 16.9 Å². The maximum absolute atomic E-state index is 12.9. The van der Waals surface area contributed by atoms with Crippen LogP contribution in [0.2, 0.25) is 0 Å². The molecule has 1 aromatic heterocycles. The normalized spacial score (nSPS) is 30.4. The van der Waals surface area contributed by atoms with Crippen molar-refractivity contribution in [2.24, 2.45) is 23.2 Å². The number of benzene rings is 1. The van der Waals surface area contributed by atoms with Gasteiger partial charge >= 0.3 is 0 Å². The third kappa shape index (κ3) is 3.52. The molecule has 0 spiro atoms. The van der Waals surface area contributed by atoms with E-state index in [0.717, 1.165) is 24.3 Å². The van der Waals surface area contributed by atoms with E-state index in [1.54, 1.807) is 29.1 Å². The van der Waals surface area contributed by atoms with Crippen LogP contribution < -0.4 is 10.1 Å². The number of amides is 1. The molecular formula is C22H26FN3O2. The predicted octanol–water partition coefficient (Wildman–Crippen LogP) is 4.00. The summed E-state index contributed by atoms with van der Waals surface area (Å²) in [4.78, 5) is 12.6. The van der Waals surface area contributed by atoms with Crippen molar-refractivity contribution < 1.29 is 13.9 Å². The number of hydrogen-bond donors (Lipinski definition) is 1. The van der Waals surface area contributed by atoms with Gasteiger partial charge in [-0.15, -0.1) is 0 Å². The van der Waals surface area contributed by atoms with Crippen LogP contribution in [-0.4, -0.2) is 22.2 Å². The Bertz CT molecular complexity index is 826. The number of carbonyl (C=O) groups excluding carboxylic acids is 1. The summed E-state index contributed by atoms with van der Waals surface area (Å²) in [6.45, 7) is 0.947. The smallest absolute Gasteiger partial charge is 0.271 e. The molecule has 6 heteroatoms. The van der Waals surface area contributed by atoms with Gasteiger partial charge in [0, 0.05) is 12.7 Å². The second-order valence-electron chi connectivity index (χ2n) is 9.07. The van der Waals surface area contributed by atoms with Crippen molar-refractivity contribution in [2.75, 3.05) is 6.54 Å². The fourth-order valence-electron chi connectivity index (χ4n) is 6.09. The Labute approximate surface area is 164 Å². The van der Waals surface area contributed by atoms with Gasteiger partial charge in [0.05, 0.1) is 0 Å². The molecule has 28 heavy (non-hydrogen) atoms. The molecule has 2 aromatic rings. The molecule has 0 saturated heterocycles. The van der Waals surface area contributed by atoms with Crippen molar-refractivity contribution in [3.8, 4) is 5.75 Å². The van der Waals surface area contributed by atoms with Crippen molar-refractivity contribution in [2.45, 2.75) is 45.3 Å². The third-order valence-electron chi connectivity index (χ3n) is 6.84. The number of nitrogens with one attached hydrogen (secondary N) is 1. The second kappa shape index (κ2) is 6.90. The fraction of sp³-hybridized carbons (Fsp3) is 0.545. The molecule has 5 nitrogen and oxygen atoms in total. The predicted molar refractivity (Wildman–Crippen MR) is 102 cm³/mol. The molecule has 0 radical (unpaired) electrons. The van der Waals surface area contributed by atoms with Crippen molar-refractivity contribution in [3.05, 3.63) is 48.0 Å². The molecular weight excluding hydrogens is 357 g/mol. The van der Waals surface area contributed by atoms with Crippen LogP contribution in [0.1, 0.15) is 49.0 Å². The number of aromatic nitrogens is 2. The quantitative estimate of drug-likeness (QED) is 0.820. The molecule has 1 heterocycles. The Hall–Kier alpha value is -2.37. The van der Waals surface area contributed by atoms with E-state index in [-0.39, 0.29) is 18.5 Å². The minimum Gasteiger partial charge on any atom is -0.471 e. The molecule has 4 saturated carbocycles. The van der Waals surface area contributed by atoms with Gasteiger partial charge in [-0.1, -0.05) is 0 Å². The summed E-state index contributed by atoms with van der Waals surface area (Å²) in [5, 5.41) is 7.47. The first-order valence-corrected chi connectivity index (χ1v) is 10.3. The molecule has 1 amide bonds. The first-order valence-electron chi connectivity index (χ1n) is 10.3. The summed E-state index contributed by atoms with van der Waals surface area (Å²) in [7, 11) is 0. The molecule has 6 rings (SSSR count). The zero-order chi connectivity index (χ0) is 19.1. The summed E-state index contributed by atoms with van der Waals surface area (Å²) in [6.07, 6.45) is 9.78. The summed E-state index contributed by atoms with van der Waals surface area (Å²) >= 11 is 0. The highest BCUT2D eigenvalue weighted by molar-refractivity contribution is 5.92. The SMILES string of the molecule is O=C(NCC12CC3CC(CC(C3)C1)C2)c1ccn(COc2ccc(F)cc2)n1. The monoisotopic (exact) mass is 383 g/mol. The summed E-state index contributed by atoms with van der Waals surface area (Å²) in [5.41, 5.74) is 0.728. The molecule has 0 unspecified atom stereocenters. The molecule has 148 valence electrons. The Morgan fingerprint density at radius 2 is 1.75 bits per heavy atom. The summed E-state index contributed by atoms with van der Waals surface area (Å²) < 4.78 is 20.1. The van der Waals surface area contributed by atoms with E-state index in [4.69, 9.17) is 4.74 Å². The van der Waals surface area contributed by atoms with Crippen molar-refractivity contribution in [1.29, 1.82) is 0 Å². The fourth-order valence-corrected chi connectivity index (χ4v) is 6.09. The number of nitrogens with zero attached hydrogens (tertiary/aromatic N) is 2. The molecule has 4 fully saturated rings. The largest absolute Gasteiger partial charge is 0.471 e. The Kier molecular flexibility index (Phi) is 4.37. The first kappa shape index (κ1) is 17.7. The highest BCUT2D eigenvalue weighted by atomic mass is 19.1. The Morgan fingerprint density at radius 1 is 1.11 bits per heavy atom. The van der Waals surface area contributed by atoms with Gasteiger partial charge in [-0.2, -0.15) is 5.10 Å². The van der Waals surface area contributed by atoms with Crippen LogP contribution in [0.3, 0.4) is 0 Å². The highest BCUT2D eigenvalue weighted by Gasteiger charge is 2.50. The molecule has 4 aliphatic rings. The van der Waals surface area contributed by atoms with Gasteiger partial charge in [0.1, 0.15) is 17.3 Å². The lowest BCUT2D eigenvalue weighted by Crippen LogP contribution is -2.51. The standard InChI is InChI=1S/C22H26FN3O2/c23-18-1-3-19(4-2-18)28-14-26-6-5-20(25-26)21(27)24-13-22-10-15-7-16(11-22)9-17(8-15)12-22/h1-6,15-17H,7-14H2,(H,24,27). The molecule has 1 aromatic carbocycles. The average molecular weight is 383 g/mol. The van der Waals surface area contributed by atoms with Gasteiger partial charge < -0.3 is 10.1 Å². The van der Waals surface area contributed by atoms with E-state index in [2.05, 4.69) is 10.4 Å². The lowest BCUT2D eigenvalue weighted by Gasteiger charge is -2.56. The maximum atomic E-state index is 12.9. The van der Waals surface area contributed by atoms with Gasteiger partial charge in [0.15, 0.2) is 6.73 Å². The van der Waals surface area contributed by atoms with Crippen LogP contribution in [0.4, 0.5) is 4.39 Å². The van der Waals surface area contributed by atoms with E-state index in [1.807, 2.05) is 0 Å². The van der Waals surface area contributed by atoms with Crippen LogP contribution in [0.25, 0.3) is 0 Å². The van der Waals surface area contributed by atoms with E-state index in [9.17, 15) is 9.18 Å². The van der Waals surface area contributed by atoms with Gasteiger partial charge in [0.25, 0.3) is 5.91 Å². The van der Waals surface area contributed by atoms with Crippen LogP contribution in [0.5, 0.6) is 5.75 Å². The van der Waals surface area contributed by atoms with Crippen LogP contribution in [0, 0.1) is 29.0 Å². The second-order valence-corrected chi connectivity index (χ2v) is 9.07. The van der Waals surface area contributed by atoms with Gasteiger partial charge in [-0.3, -0.25) is 4.79 Å². The number of ether oxygens (including phenoxy) is 1. The van der Waals surface area contributed by atoms with Gasteiger partial charge in [-0.05, 0) is 92.0 Å². The van der Waals surface area contributed by atoms with E-state index >= 15 is 0 Å². The minimum atomic E-state index is -0.301.